The molecule has 0 fully saturated rings. The van der Waals surface area contributed by atoms with E-state index in [1.54, 1.807) is 30.6 Å². The highest BCUT2D eigenvalue weighted by molar-refractivity contribution is 5.96. The molecular weight excluding hydrogens is 240 g/mol. The molecule has 0 aliphatic carbocycles. The van der Waals surface area contributed by atoms with Crippen molar-refractivity contribution in [3.63, 3.8) is 0 Å². The van der Waals surface area contributed by atoms with Crippen LogP contribution < -0.4 is 11.1 Å². The van der Waals surface area contributed by atoms with Gasteiger partial charge in [-0.1, -0.05) is 6.07 Å². The number of aryl methyl sites for hydroxylation is 1. The number of anilines is 1. The van der Waals surface area contributed by atoms with Crippen LogP contribution in [-0.2, 0) is 6.54 Å². The lowest BCUT2D eigenvalue weighted by Gasteiger charge is -2.09. The SMILES string of the molecule is Cc1cnc(CNC(=O)c2cccc(N)c2C)cn1. The number of nitrogens with one attached hydrogen (secondary N) is 1. The number of nitrogens with two attached hydrogens (primary N) is 1. The first-order valence-corrected chi connectivity index (χ1v) is 5.98. The fourth-order valence-corrected chi connectivity index (χ4v) is 1.68. The summed E-state index contributed by atoms with van der Waals surface area (Å²) >= 11 is 0. The fourth-order valence-electron chi connectivity index (χ4n) is 1.68. The lowest BCUT2D eigenvalue weighted by atomic mass is 10.1. The first-order valence-electron chi connectivity index (χ1n) is 5.98. The van der Waals surface area contributed by atoms with Crippen molar-refractivity contribution in [3.05, 3.63) is 53.1 Å². The second kappa shape index (κ2) is 5.48. The molecule has 0 aliphatic rings. The highest BCUT2D eigenvalue weighted by Crippen LogP contribution is 2.15. The fraction of sp³-hybridized carbons (Fsp3) is 0.214. The largest absolute Gasteiger partial charge is 0.398 e. The molecule has 1 heterocycles. The van der Waals surface area contributed by atoms with Gasteiger partial charge in [-0.25, -0.2) is 0 Å². The smallest absolute Gasteiger partial charge is 0.251 e. The monoisotopic (exact) mass is 256 g/mol. The number of hydrogen-bond acceptors (Lipinski definition) is 4. The van der Waals surface area contributed by atoms with Gasteiger partial charge in [0.05, 0.1) is 24.1 Å². The van der Waals surface area contributed by atoms with Crippen LogP contribution in [0, 0.1) is 13.8 Å². The molecule has 5 heteroatoms. The maximum Gasteiger partial charge on any atom is 0.251 e. The average Bonchev–Trinajstić information content (AvgIpc) is 2.41. The van der Waals surface area contributed by atoms with Gasteiger partial charge in [-0.15, -0.1) is 0 Å². The second-order valence-corrected chi connectivity index (χ2v) is 4.35. The first-order chi connectivity index (χ1) is 9.08. The molecule has 0 saturated carbocycles. The van der Waals surface area contributed by atoms with E-state index in [1.807, 2.05) is 13.8 Å². The van der Waals surface area contributed by atoms with Crippen molar-refractivity contribution < 1.29 is 4.79 Å². The van der Waals surface area contributed by atoms with Gasteiger partial charge in [-0.05, 0) is 31.5 Å². The zero-order chi connectivity index (χ0) is 13.8. The molecule has 1 amide bonds. The zero-order valence-electron chi connectivity index (χ0n) is 11.0. The molecule has 0 radical (unpaired) electrons. The van der Waals surface area contributed by atoms with Crippen LogP contribution in [0.5, 0.6) is 0 Å². The third-order valence-electron chi connectivity index (χ3n) is 2.88. The number of nitrogen functional groups attached to an aromatic ring is 1. The molecule has 1 aromatic carbocycles. The Balaban J connectivity index is 2.05. The van der Waals surface area contributed by atoms with Crippen molar-refractivity contribution in [2.24, 2.45) is 0 Å². The molecule has 98 valence electrons. The van der Waals surface area contributed by atoms with E-state index in [9.17, 15) is 4.79 Å². The maximum atomic E-state index is 12.0. The molecular formula is C14H16N4O. The number of benzene rings is 1. The van der Waals surface area contributed by atoms with Crippen LogP contribution in [-0.4, -0.2) is 15.9 Å². The Morgan fingerprint density at radius 2 is 2.05 bits per heavy atom. The molecule has 0 atom stereocenters. The van der Waals surface area contributed by atoms with Crippen molar-refractivity contribution in [3.8, 4) is 0 Å². The van der Waals surface area contributed by atoms with Gasteiger partial charge < -0.3 is 11.1 Å². The Bertz CT molecular complexity index is 593. The first kappa shape index (κ1) is 13.0. The molecule has 2 rings (SSSR count). The zero-order valence-corrected chi connectivity index (χ0v) is 11.0. The van der Waals surface area contributed by atoms with Crippen molar-refractivity contribution in [2.75, 3.05) is 5.73 Å². The van der Waals surface area contributed by atoms with Crippen LogP contribution >= 0.6 is 0 Å². The Kier molecular flexibility index (Phi) is 3.75. The lowest BCUT2D eigenvalue weighted by Crippen LogP contribution is -2.24. The van der Waals surface area contributed by atoms with Crippen LogP contribution in [0.4, 0.5) is 5.69 Å². The average molecular weight is 256 g/mol. The molecule has 0 aliphatic heterocycles. The summed E-state index contributed by atoms with van der Waals surface area (Å²) in [6.07, 6.45) is 3.33. The third-order valence-corrected chi connectivity index (χ3v) is 2.88. The number of rotatable bonds is 3. The topological polar surface area (TPSA) is 80.9 Å². The van der Waals surface area contributed by atoms with Crippen molar-refractivity contribution in [2.45, 2.75) is 20.4 Å². The van der Waals surface area contributed by atoms with Gasteiger partial charge >= 0.3 is 0 Å². The van der Waals surface area contributed by atoms with Gasteiger partial charge in [0, 0.05) is 17.4 Å². The molecule has 0 saturated heterocycles. The Morgan fingerprint density at radius 3 is 2.74 bits per heavy atom. The van der Waals surface area contributed by atoms with E-state index in [4.69, 9.17) is 5.73 Å². The van der Waals surface area contributed by atoms with Crippen molar-refractivity contribution >= 4 is 11.6 Å². The normalized spacial score (nSPS) is 10.2. The molecule has 19 heavy (non-hydrogen) atoms. The molecule has 0 bridgehead atoms. The summed E-state index contributed by atoms with van der Waals surface area (Å²) < 4.78 is 0. The summed E-state index contributed by atoms with van der Waals surface area (Å²) in [4.78, 5) is 20.4. The van der Waals surface area contributed by atoms with Crippen LogP contribution in [0.25, 0.3) is 0 Å². The minimum atomic E-state index is -0.160. The standard InChI is InChI=1S/C14H16N4O/c1-9-6-17-11(7-16-9)8-18-14(19)12-4-3-5-13(15)10(12)2/h3-7H,8,15H2,1-2H3,(H,18,19). The summed E-state index contributed by atoms with van der Waals surface area (Å²) in [5.41, 5.74) is 9.34. The lowest BCUT2D eigenvalue weighted by molar-refractivity contribution is 0.0950. The number of hydrogen-bond donors (Lipinski definition) is 2. The van der Waals surface area contributed by atoms with Gasteiger partial charge in [-0.3, -0.25) is 14.8 Å². The van der Waals surface area contributed by atoms with E-state index in [0.717, 1.165) is 17.0 Å². The molecule has 0 unspecified atom stereocenters. The van der Waals surface area contributed by atoms with Gasteiger partial charge in [0.15, 0.2) is 0 Å². The van der Waals surface area contributed by atoms with Crippen molar-refractivity contribution in [1.82, 2.24) is 15.3 Å². The predicted molar refractivity (Wildman–Crippen MR) is 73.5 cm³/mol. The minimum Gasteiger partial charge on any atom is -0.398 e. The van der Waals surface area contributed by atoms with Crippen LogP contribution in [0.1, 0.15) is 27.3 Å². The summed E-state index contributed by atoms with van der Waals surface area (Å²) in [6, 6.07) is 5.29. The second-order valence-electron chi connectivity index (χ2n) is 4.35. The number of nitrogens with zero attached hydrogens (tertiary/aromatic N) is 2. The number of amides is 1. The molecule has 2 aromatic rings. The van der Waals surface area contributed by atoms with E-state index in [-0.39, 0.29) is 5.91 Å². The minimum absolute atomic E-state index is 0.160. The number of aromatic nitrogens is 2. The highest BCUT2D eigenvalue weighted by Gasteiger charge is 2.10. The Hall–Kier alpha value is -2.43. The van der Waals surface area contributed by atoms with Crippen LogP contribution in [0.15, 0.2) is 30.6 Å². The summed E-state index contributed by atoms with van der Waals surface area (Å²) in [5, 5.41) is 2.81. The summed E-state index contributed by atoms with van der Waals surface area (Å²) in [5.74, 6) is -0.160. The third kappa shape index (κ3) is 3.07. The molecule has 0 spiro atoms. The van der Waals surface area contributed by atoms with Crippen molar-refractivity contribution in [1.29, 1.82) is 0 Å². The molecule has 5 nitrogen and oxygen atoms in total. The van der Waals surface area contributed by atoms with E-state index >= 15 is 0 Å². The van der Waals surface area contributed by atoms with Crippen LogP contribution in [0.3, 0.4) is 0 Å². The maximum absolute atomic E-state index is 12.0. The predicted octanol–water partition coefficient (Wildman–Crippen LogP) is 1.61. The summed E-state index contributed by atoms with van der Waals surface area (Å²) in [6.45, 7) is 4.04. The van der Waals surface area contributed by atoms with Gasteiger partial charge in [0.2, 0.25) is 0 Å². The number of carbonyl (C=O) groups excluding carboxylic acids is 1. The Labute approximate surface area is 111 Å². The van der Waals surface area contributed by atoms with E-state index in [1.165, 1.54) is 0 Å². The van der Waals surface area contributed by atoms with Gasteiger partial charge in [-0.2, -0.15) is 0 Å². The quantitative estimate of drug-likeness (QED) is 0.817. The van der Waals surface area contributed by atoms with Gasteiger partial charge in [0.1, 0.15) is 0 Å². The van der Waals surface area contributed by atoms with E-state index in [2.05, 4.69) is 15.3 Å². The molecule has 3 N–H and O–H groups in total. The molecule has 1 aromatic heterocycles. The Morgan fingerprint density at radius 1 is 1.26 bits per heavy atom. The van der Waals surface area contributed by atoms with E-state index in [0.29, 0.717) is 17.8 Å². The summed E-state index contributed by atoms with van der Waals surface area (Å²) in [7, 11) is 0. The highest BCUT2D eigenvalue weighted by atomic mass is 16.1. The van der Waals surface area contributed by atoms with E-state index < -0.39 is 0 Å². The number of carbonyl (C=O) groups is 1. The van der Waals surface area contributed by atoms with Gasteiger partial charge in [0.25, 0.3) is 5.91 Å². The van der Waals surface area contributed by atoms with Crippen LogP contribution in [0.2, 0.25) is 0 Å².